The molecule has 0 aromatic heterocycles. The predicted octanol–water partition coefficient (Wildman–Crippen LogP) is 4.51. The van der Waals surface area contributed by atoms with Crippen LogP contribution < -0.4 is 5.32 Å². The van der Waals surface area contributed by atoms with E-state index in [9.17, 15) is 0 Å². The lowest BCUT2D eigenvalue weighted by Gasteiger charge is -2.61. The zero-order chi connectivity index (χ0) is 12.5. The predicted molar refractivity (Wildman–Crippen MR) is 75.2 cm³/mol. The lowest BCUT2D eigenvalue weighted by molar-refractivity contribution is -0.0135. The molecule has 3 rings (SSSR count). The molecular formula is C16H31N. The molecule has 0 amide bonds. The van der Waals surface area contributed by atoms with Gasteiger partial charge in [0.05, 0.1) is 0 Å². The van der Waals surface area contributed by atoms with E-state index >= 15 is 0 Å². The summed E-state index contributed by atoms with van der Waals surface area (Å²) in [7, 11) is 0. The molecule has 2 saturated heterocycles. The molecule has 2 bridgehead atoms. The van der Waals surface area contributed by atoms with Gasteiger partial charge in [-0.1, -0.05) is 47.0 Å². The van der Waals surface area contributed by atoms with Crippen molar-refractivity contribution < 1.29 is 0 Å². The van der Waals surface area contributed by atoms with E-state index in [4.69, 9.17) is 0 Å². The Bertz CT molecular complexity index is 224. The molecule has 17 heavy (non-hydrogen) atoms. The summed E-state index contributed by atoms with van der Waals surface area (Å²) in [5, 5.41) is 4.07. The van der Waals surface area contributed by atoms with E-state index in [0.717, 1.165) is 11.8 Å². The van der Waals surface area contributed by atoms with Crippen molar-refractivity contribution in [3.05, 3.63) is 0 Å². The third kappa shape index (κ3) is 3.05. The van der Waals surface area contributed by atoms with Crippen LogP contribution in [-0.4, -0.2) is 11.1 Å². The van der Waals surface area contributed by atoms with Gasteiger partial charge in [-0.3, -0.25) is 0 Å². The first-order chi connectivity index (χ1) is 7.95. The maximum atomic E-state index is 4.07. The van der Waals surface area contributed by atoms with E-state index in [1.807, 2.05) is 0 Å². The molecule has 0 spiro atoms. The van der Waals surface area contributed by atoms with Crippen molar-refractivity contribution in [1.82, 2.24) is 5.32 Å². The molecule has 2 atom stereocenters. The van der Waals surface area contributed by atoms with Crippen molar-refractivity contribution in [1.29, 1.82) is 0 Å². The molecule has 1 saturated carbocycles. The average Bonchev–Trinajstić information content (AvgIpc) is 2.08. The summed E-state index contributed by atoms with van der Waals surface area (Å²) in [5.41, 5.74) is 1.03. The molecule has 100 valence electrons. The van der Waals surface area contributed by atoms with Crippen LogP contribution in [0.1, 0.15) is 79.1 Å². The standard InChI is InChI=1S/C16H31N/c1-13(2)10-15-8-6-5-7-9-16(12-15,17-15)11-14(3)4/h13-14,17H,5-12H2,1-4H3. The van der Waals surface area contributed by atoms with Crippen LogP contribution in [0.3, 0.4) is 0 Å². The lowest BCUT2D eigenvalue weighted by Crippen LogP contribution is -2.73. The van der Waals surface area contributed by atoms with E-state index in [1.54, 1.807) is 0 Å². The maximum Gasteiger partial charge on any atom is 0.0206 e. The fourth-order valence-electron chi connectivity index (χ4n) is 4.61. The molecule has 1 aliphatic carbocycles. The summed E-state index contributed by atoms with van der Waals surface area (Å²) < 4.78 is 0. The second kappa shape index (κ2) is 4.91. The molecule has 0 aromatic rings. The van der Waals surface area contributed by atoms with Crippen LogP contribution in [0, 0.1) is 11.8 Å². The van der Waals surface area contributed by atoms with E-state index in [1.165, 1.54) is 51.4 Å². The molecule has 2 unspecified atom stereocenters. The molecule has 1 N–H and O–H groups in total. The summed E-state index contributed by atoms with van der Waals surface area (Å²) in [6.07, 6.45) is 11.4. The highest BCUT2D eigenvalue weighted by Gasteiger charge is 2.53. The second-order valence-corrected chi connectivity index (χ2v) is 7.62. The highest BCUT2D eigenvalue weighted by molar-refractivity contribution is 5.13. The fraction of sp³-hybridized carbons (Fsp3) is 1.00. The highest BCUT2D eigenvalue weighted by atomic mass is 15.1. The van der Waals surface area contributed by atoms with Gasteiger partial charge in [0.1, 0.15) is 0 Å². The molecule has 2 heterocycles. The summed E-state index contributed by atoms with van der Waals surface area (Å²) in [6.45, 7) is 9.49. The van der Waals surface area contributed by atoms with Crippen LogP contribution in [0.4, 0.5) is 0 Å². The molecule has 3 aliphatic rings. The summed E-state index contributed by atoms with van der Waals surface area (Å²) in [4.78, 5) is 0. The van der Waals surface area contributed by atoms with E-state index in [2.05, 4.69) is 33.0 Å². The molecule has 2 aliphatic heterocycles. The van der Waals surface area contributed by atoms with Crippen LogP contribution in [-0.2, 0) is 0 Å². The van der Waals surface area contributed by atoms with Gasteiger partial charge in [-0.05, 0) is 43.9 Å². The Kier molecular flexibility index (Phi) is 3.87. The van der Waals surface area contributed by atoms with Crippen LogP contribution in [0.15, 0.2) is 0 Å². The number of hydrogen-bond donors (Lipinski definition) is 1. The molecule has 0 radical (unpaired) electrons. The SMILES string of the molecule is CC(C)CC12CCCCCC(CC(C)C)(C1)N2. The van der Waals surface area contributed by atoms with Gasteiger partial charge in [0, 0.05) is 11.1 Å². The first-order valence-corrected chi connectivity index (χ1v) is 7.75. The maximum absolute atomic E-state index is 4.07. The van der Waals surface area contributed by atoms with Crippen LogP contribution in [0.5, 0.6) is 0 Å². The molecule has 0 aromatic carbocycles. The van der Waals surface area contributed by atoms with Crippen LogP contribution in [0.2, 0.25) is 0 Å². The minimum atomic E-state index is 0.517. The summed E-state index contributed by atoms with van der Waals surface area (Å²) in [5.74, 6) is 1.66. The number of fused-ring (bicyclic) bond motifs is 4. The van der Waals surface area contributed by atoms with Gasteiger partial charge in [-0.25, -0.2) is 0 Å². The quantitative estimate of drug-likeness (QED) is 0.758. The normalized spacial score (nSPS) is 37.8. The number of hydrogen-bond acceptors (Lipinski definition) is 1. The van der Waals surface area contributed by atoms with Crippen LogP contribution >= 0.6 is 0 Å². The Hall–Kier alpha value is -0.0400. The largest absolute Gasteiger partial charge is 0.306 e. The first kappa shape index (κ1) is 13.4. The highest BCUT2D eigenvalue weighted by Crippen LogP contribution is 2.48. The Morgan fingerprint density at radius 3 is 1.59 bits per heavy atom. The first-order valence-electron chi connectivity index (χ1n) is 7.75. The summed E-state index contributed by atoms with van der Waals surface area (Å²) >= 11 is 0. The van der Waals surface area contributed by atoms with Gasteiger partial charge < -0.3 is 5.32 Å². The molecule has 3 fully saturated rings. The van der Waals surface area contributed by atoms with Gasteiger partial charge in [0.15, 0.2) is 0 Å². The van der Waals surface area contributed by atoms with E-state index in [-0.39, 0.29) is 0 Å². The Morgan fingerprint density at radius 2 is 1.24 bits per heavy atom. The minimum absolute atomic E-state index is 0.517. The molecule has 1 heteroatoms. The zero-order valence-corrected chi connectivity index (χ0v) is 12.3. The van der Waals surface area contributed by atoms with Gasteiger partial charge in [-0.2, -0.15) is 0 Å². The number of nitrogens with one attached hydrogen (secondary N) is 1. The number of rotatable bonds is 4. The smallest absolute Gasteiger partial charge is 0.0206 e. The van der Waals surface area contributed by atoms with Gasteiger partial charge in [0.2, 0.25) is 0 Å². The molecular weight excluding hydrogens is 206 g/mol. The Balaban J connectivity index is 2.02. The Labute approximate surface area is 108 Å². The van der Waals surface area contributed by atoms with E-state index in [0.29, 0.717) is 11.1 Å². The van der Waals surface area contributed by atoms with Gasteiger partial charge in [-0.15, -0.1) is 0 Å². The van der Waals surface area contributed by atoms with Crippen LogP contribution in [0.25, 0.3) is 0 Å². The van der Waals surface area contributed by atoms with Crippen molar-refractivity contribution in [2.75, 3.05) is 0 Å². The van der Waals surface area contributed by atoms with Crippen molar-refractivity contribution in [3.63, 3.8) is 0 Å². The lowest BCUT2D eigenvalue weighted by atomic mass is 9.60. The zero-order valence-electron chi connectivity index (χ0n) is 12.3. The second-order valence-electron chi connectivity index (χ2n) is 7.62. The third-order valence-corrected chi connectivity index (χ3v) is 4.62. The molecule has 1 nitrogen and oxygen atoms in total. The topological polar surface area (TPSA) is 12.0 Å². The summed E-state index contributed by atoms with van der Waals surface area (Å²) in [6, 6.07) is 0. The van der Waals surface area contributed by atoms with Crippen molar-refractivity contribution >= 4 is 0 Å². The monoisotopic (exact) mass is 237 g/mol. The minimum Gasteiger partial charge on any atom is -0.306 e. The Morgan fingerprint density at radius 1 is 0.824 bits per heavy atom. The average molecular weight is 237 g/mol. The fourth-order valence-corrected chi connectivity index (χ4v) is 4.61. The van der Waals surface area contributed by atoms with Crippen molar-refractivity contribution in [2.45, 2.75) is 90.1 Å². The third-order valence-electron chi connectivity index (χ3n) is 4.62. The van der Waals surface area contributed by atoms with Gasteiger partial charge >= 0.3 is 0 Å². The van der Waals surface area contributed by atoms with Gasteiger partial charge in [0.25, 0.3) is 0 Å². The van der Waals surface area contributed by atoms with Crippen molar-refractivity contribution in [3.8, 4) is 0 Å². The van der Waals surface area contributed by atoms with E-state index < -0.39 is 0 Å². The van der Waals surface area contributed by atoms with Crippen molar-refractivity contribution in [2.24, 2.45) is 11.8 Å².